The van der Waals surface area contributed by atoms with E-state index in [9.17, 15) is 10.1 Å². The monoisotopic (exact) mass is 291 g/mol. The standard InChI is InChI=1S/C14H17N3O2S/c1-2-20-14-5-3-4-11(14)16-12-8-10(9-15)6-7-13(12)17(18)19/h6-8,11,14,16H,2-5H2,1H3. The van der Waals surface area contributed by atoms with Gasteiger partial charge in [0.05, 0.1) is 16.6 Å². The van der Waals surface area contributed by atoms with Gasteiger partial charge in [-0.05, 0) is 30.7 Å². The van der Waals surface area contributed by atoms with Crippen molar-refractivity contribution in [2.45, 2.75) is 37.5 Å². The maximum atomic E-state index is 11.1. The van der Waals surface area contributed by atoms with Crippen molar-refractivity contribution in [2.75, 3.05) is 11.1 Å². The van der Waals surface area contributed by atoms with Crippen LogP contribution in [-0.2, 0) is 0 Å². The molecule has 20 heavy (non-hydrogen) atoms. The summed E-state index contributed by atoms with van der Waals surface area (Å²) in [6, 6.07) is 6.73. The van der Waals surface area contributed by atoms with Crippen molar-refractivity contribution in [3.05, 3.63) is 33.9 Å². The molecule has 2 unspecified atom stereocenters. The van der Waals surface area contributed by atoms with Gasteiger partial charge in [-0.25, -0.2) is 0 Å². The Balaban J connectivity index is 2.23. The topological polar surface area (TPSA) is 79.0 Å². The zero-order chi connectivity index (χ0) is 14.5. The Bertz CT molecular complexity index is 542. The highest BCUT2D eigenvalue weighted by atomic mass is 32.2. The minimum Gasteiger partial charge on any atom is -0.376 e. The number of nitrogens with one attached hydrogen (secondary N) is 1. The third kappa shape index (κ3) is 3.23. The number of thioether (sulfide) groups is 1. The summed E-state index contributed by atoms with van der Waals surface area (Å²) in [7, 11) is 0. The third-order valence-corrected chi connectivity index (χ3v) is 4.82. The number of nitro benzene ring substituents is 1. The van der Waals surface area contributed by atoms with E-state index in [0.717, 1.165) is 25.0 Å². The molecule has 5 nitrogen and oxygen atoms in total. The van der Waals surface area contributed by atoms with Gasteiger partial charge in [0, 0.05) is 17.4 Å². The van der Waals surface area contributed by atoms with Crippen molar-refractivity contribution in [2.24, 2.45) is 0 Å². The van der Waals surface area contributed by atoms with E-state index in [0.29, 0.717) is 16.5 Å². The average molecular weight is 291 g/mol. The molecule has 0 aromatic heterocycles. The summed E-state index contributed by atoms with van der Waals surface area (Å²) >= 11 is 1.89. The van der Waals surface area contributed by atoms with Crippen molar-refractivity contribution in [1.82, 2.24) is 0 Å². The third-order valence-electron chi connectivity index (χ3n) is 3.50. The van der Waals surface area contributed by atoms with Crippen molar-refractivity contribution in [1.29, 1.82) is 5.26 Å². The highest BCUT2D eigenvalue weighted by Crippen LogP contribution is 2.34. The Hall–Kier alpha value is -1.74. The number of nitrogens with zero attached hydrogens (tertiary/aromatic N) is 2. The van der Waals surface area contributed by atoms with Crippen LogP contribution in [0.4, 0.5) is 11.4 Å². The van der Waals surface area contributed by atoms with Crippen molar-refractivity contribution in [3.8, 4) is 6.07 Å². The van der Waals surface area contributed by atoms with Gasteiger partial charge >= 0.3 is 0 Å². The Morgan fingerprint density at radius 2 is 2.35 bits per heavy atom. The number of rotatable bonds is 5. The first kappa shape index (κ1) is 14.7. The largest absolute Gasteiger partial charge is 0.376 e. The maximum Gasteiger partial charge on any atom is 0.292 e. The summed E-state index contributed by atoms with van der Waals surface area (Å²) in [5.41, 5.74) is 0.939. The molecule has 0 amide bonds. The van der Waals surface area contributed by atoms with Gasteiger partial charge < -0.3 is 5.32 Å². The number of hydrogen-bond acceptors (Lipinski definition) is 5. The molecule has 1 aromatic carbocycles. The molecule has 0 saturated heterocycles. The zero-order valence-corrected chi connectivity index (χ0v) is 12.2. The van der Waals surface area contributed by atoms with Crippen molar-refractivity contribution in [3.63, 3.8) is 0 Å². The second-order valence-corrected chi connectivity index (χ2v) is 6.29. The van der Waals surface area contributed by atoms with Crippen LogP contribution in [0.2, 0.25) is 0 Å². The van der Waals surface area contributed by atoms with Crippen LogP contribution in [0.1, 0.15) is 31.7 Å². The number of benzene rings is 1. The van der Waals surface area contributed by atoms with Gasteiger partial charge in [0.1, 0.15) is 5.69 Å². The smallest absolute Gasteiger partial charge is 0.292 e. The van der Waals surface area contributed by atoms with Crippen LogP contribution in [0.25, 0.3) is 0 Å². The summed E-state index contributed by atoms with van der Waals surface area (Å²) in [6.45, 7) is 2.12. The lowest BCUT2D eigenvalue weighted by atomic mass is 10.1. The molecule has 106 valence electrons. The van der Waals surface area contributed by atoms with E-state index < -0.39 is 4.92 Å². The van der Waals surface area contributed by atoms with E-state index in [1.807, 2.05) is 17.8 Å². The zero-order valence-electron chi connectivity index (χ0n) is 11.3. The van der Waals surface area contributed by atoms with E-state index in [1.54, 1.807) is 6.07 Å². The van der Waals surface area contributed by atoms with E-state index in [4.69, 9.17) is 5.26 Å². The molecule has 0 aliphatic heterocycles. The van der Waals surface area contributed by atoms with Crippen LogP contribution in [0.5, 0.6) is 0 Å². The van der Waals surface area contributed by atoms with Crippen molar-refractivity contribution >= 4 is 23.1 Å². The summed E-state index contributed by atoms with van der Waals surface area (Å²) in [6.07, 6.45) is 3.30. The van der Waals surface area contributed by atoms with E-state index >= 15 is 0 Å². The predicted molar refractivity (Wildman–Crippen MR) is 81.0 cm³/mol. The molecule has 2 rings (SSSR count). The lowest BCUT2D eigenvalue weighted by Gasteiger charge is -2.21. The Kier molecular flexibility index (Phi) is 4.85. The summed E-state index contributed by atoms with van der Waals surface area (Å²) in [5.74, 6) is 1.04. The fourth-order valence-corrected chi connectivity index (χ4v) is 3.78. The molecular weight excluding hydrogens is 274 g/mol. The van der Waals surface area contributed by atoms with Crippen LogP contribution in [0.15, 0.2) is 18.2 Å². The first-order valence-electron chi connectivity index (χ1n) is 6.72. The first-order chi connectivity index (χ1) is 9.65. The number of anilines is 1. The Morgan fingerprint density at radius 3 is 3.00 bits per heavy atom. The molecule has 0 radical (unpaired) electrons. The fourth-order valence-electron chi connectivity index (χ4n) is 2.58. The van der Waals surface area contributed by atoms with Gasteiger partial charge in [-0.3, -0.25) is 10.1 Å². The van der Waals surface area contributed by atoms with Gasteiger partial charge in [-0.2, -0.15) is 17.0 Å². The van der Waals surface area contributed by atoms with E-state index in [2.05, 4.69) is 12.2 Å². The van der Waals surface area contributed by atoms with E-state index in [1.165, 1.54) is 12.1 Å². The van der Waals surface area contributed by atoms with Gasteiger partial charge in [-0.1, -0.05) is 13.3 Å². The minimum absolute atomic E-state index is 0.0381. The lowest BCUT2D eigenvalue weighted by Crippen LogP contribution is -2.26. The van der Waals surface area contributed by atoms with Crippen LogP contribution < -0.4 is 5.32 Å². The number of hydrogen-bond donors (Lipinski definition) is 1. The average Bonchev–Trinajstić information content (AvgIpc) is 2.86. The lowest BCUT2D eigenvalue weighted by molar-refractivity contribution is -0.384. The van der Waals surface area contributed by atoms with Crippen LogP contribution >= 0.6 is 11.8 Å². The molecule has 2 atom stereocenters. The quantitative estimate of drug-likeness (QED) is 0.663. The molecule has 0 bridgehead atoms. The molecule has 1 saturated carbocycles. The van der Waals surface area contributed by atoms with Crippen LogP contribution in [0.3, 0.4) is 0 Å². The molecular formula is C14H17N3O2S. The molecule has 1 aliphatic rings. The van der Waals surface area contributed by atoms with Gasteiger partial charge in [0.2, 0.25) is 0 Å². The summed E-state index contributed by atoms with van der Waals surface area (Å²) in [4.78, 5) is 10.7. The second kappa shape index (κ2) is 6.62. The second-order valence-electron chi connectivity index (χ2n) is 4.78. The fraction of sp³-hybridized carbons (Fsp3) is 0.500. The number of nitro groups is 1. The molecule has 1 aromatic rings. The van der Waals surface area contributed by atoms with Crippen LogP contribution in [-0.4, -0.2) is 22.0 Å². The predicted octanol–water partition coefficient (Wildman–Crippen LogP) is 3.55. The molecule has 1 fully saturated rings. The number of nitriles is 1. The Morgan fingerprint density at radius 1 is 1.55 bits per heavy atom. The SMILES string of the molecule is CCSC1CCCC1Nc1cc(C#N)ccc1[N+](=O)[O-]. The summed E-state index contributed by atoms with van der Waals surface area (Å²) < 4.78 is 0. The van der Waals surface area contributed by atoms with E-state index in [-0.39, 0.29) is 11.7 Å². The molecule has 1 N–H and O–H groups in total. The van der Waals surface area contributed by atoms with Gasteiger partial charge in [0.25, 0.3) is 5.69 Å². The minimum atomic E-state index is -0.402. The maximum absolute atomic E-state index is 11.1. The highest BCUT2D eigenvalue weighted by molar-refractivity contribution is 7.99. The molecule has 1 aliphatic carbocycles. The molecule has 0 spiro atoms. The Labute approximate surface area is 122 Å². The molecule has 6 heteroatoms. The van der Waals surface area contributed by atoms with Gasteiger partial charge in [0.15, 0.2) is 0 Å². The normalized spacial score (nSPS) is 21.4. The highest BCUT2D eigenvalue weighted by Gasteiger charge is 2.28. The molecule has 0 heterocycles. The summed E-state index contributed by atoms with van der Waals surface area (Å²) in [5, 5.41) is 23.8. The van der Waals surface area contributed by atoms with Crippen LogP contribution in [0, 0.1) is 21.4 Å². The van der Waals surface area contributed by atoms with Crippen molar-refractivity contribution < 1.29 is 4.92 Å². The first-order valence-corrected chi connectivity index (χ1v) is 7.77. The van der Waals surface area contributed by atoms with Gasteiger partial charge in [-0.15, -0.1) is 0 Å².